The number of hydrogen-bond acceptors (Lipinski definition) is 5. The van der Waals surface area contributed by atoms with E-state index in [1.54, 1.807) is 6.07 Å². The minimum absolute atomic E-state index is 0.121. The quantitative estimate of drug-likeness (QED) is 0.567. The first-order valence-corrected chi connectivity index (χ1v) is 12.6. The maximum absolute atomic E-state index is 13.0. The van der Waals surface area contributed by atoms with Gasteiger partial charge in [-0.25, -0.2) is 0 Å². The van der Waals surface area contributed by atoms with Crippen LogP contribution in [0.2, 0.25) is 5.02 Å². The Labute approximate surface area is 197 Å². The summed E-state index contributed by atoms with van der Waals surface area (Å²) >= 11 is 8.00. The Kier molecular flexibility index (Phi) is 6.50. The molecule has 32 heavy (non-hydrogen) atoms. The second-order valence-corrected chi connectivity index (χ2v) is 10.0. The molecule has 2 aliphatic rings. The van der Waals surface area contributed by atoms with Crippen molar-refractivity contribution in [1.29, 1.82) is 0 Å². The van der Waals surface area contributed by atoms with Crippen LogP contribution < -0.4 is 20.3 Å². The van der Waals surface area contributed by atoms with Gasteiger partial charge in [0.15, 0.2) is 11.5 Å². The van der Waals surface area contributed by atoms with Gasteiger partial charge in [-0.3, -0.25) is 9.59 Å². The smallest absolute Gasteiger partial charge is 0.254 e. The van der Waals surface area contributed by atoms with Crippen LogP contribution in [-0.2, 0) is 6.54 Å². The predicted octanol–water partition coefficient (Wildman–Crippen LogP) is 5.36. The number of pyridine rings is 1. The molecule has 1 aliphatic carbocycles. The van der Waals surface area contributed by atoms with Crippen molar-refractivity contribution < 1.29 is 14.3 Å². The summed E-state index contributed by atoms with van der Waals surface area (Å²) in [5.74, 6) is 0.250. The summed E-state index contributed by atoms with van der Waals surface area (Å²) < 4.78 is 12.6. The van der Waals surface area contributed by atoms with E-state index in [0.29, 0.717) is 33.2 Å². The number of carbonyl (C=O) groups excluding carboxylic acids is 1. The van der Waals surface area contributed by atoms with Crippen molar-refractivity contribution in [2.75, 3.05) is 6.26 Å². The number of benzene rings is 1. The number of aromatic nitrogens is 1. The summed E-state index contributed by atoms with van der Waals surface area (Å²) in [5, 5.41) is 3.22. The van der Waals surface area contributed by atoms with Crippen molar-refractivity contribution in [3.8, 4) is 11.5 Å². The summed E-state index contributed by atoms with van der Waals surface area (Å²) in [5.41, 5.74) is 2.22. The van der Waals surface area contributed by atoms with Gasteiger partial charge in [-0.15, -0.1) is 11.8 Å². The number of hydrogen-bond donors (Lipinski definition) is 2. The molecule has 1 aromatic carbocycles. The van der Waals surface area contributed by atoms with Crippen LogP contribution in [0, 0.1) is 19.8 Å². The van der Waals surface area contributed by atoms with Gasteiger partial charge in [-0.2, -0.15) is 0 Å². The second kappa shape index (κ2) is 9.02. The molecular formula is C24H29ClN2O4S. The molecule has 2 aromatic rings. The fraction of sp³-hybridized carbons (Fsp3) is 0.500. The summed E-state index contributed by atoms with van der Waals surface area (Å²) in [6, 6.07) is 3.53. The molecular weight excluding hydrogens is 448 g/mol. The number of halogens is 1. The lowest BCUT2D eigenvalue weighted by Crippen LogP contribution is -2.44. The third-order valence-electron chi connectivity index (χ3n) is 6.52. The van der Waals surface area contributed by atoms with E-state index in [1.165, 1.54) is 31.0 Å². The van der Waals surface area contributed by atoms with Crippen molar-refractivity contribution in [3.63, 3.8) is 0 Å². The molecule has 2 heterocycles. The van der Waals surface area contributed by atoms with E-state index in [4.69, 9.17) is 21.1 Å². The van der Waals surface area contributed by atoms with E-state index < -0.39 is 5.79 Å². The van der Waals surface area contributed by atoms with Gasteiger partial charge < -0.3 is 19.8 Å². The highest BCUT2D eigenvalue weighted by Crippen LogP contribution is 2.51. The Morgan fingerprint density at radius 3 is 2.59 bits per heavy atom. The van der Waals surface area contributed by atoms with E-state index in [0.717, 1.165) is 23.4 Å². The molecule has 2 N–H and O–H groups in total. The number of ether oxygens (including phenoxy) is 2. The van der Waals surface area contributed by atoms with Gasteiger partial charge in [0.1, 0.15) is 0 Å². The number of amides is 1. The summed E-state index contributed by atoms with van der Waals surface area (Å²) in [4.78, 5) is 29.1. The average Bonchev–Trinajstić information content (AvgIpc) is 3.15. The average molecular weight is 477 g/mol. The zero-order valence-corrected chi connectivity index (χ0v) is 20.5. The second-order valence-electron chi connectivity index (χ2n) is 8.76. The highest BCUT2D eigenvalue weighted by atomic mass is 35.5. The molecule has 1 aliphatic heterocycles. The standard InChI is InChI=1S/C24H29ClN2O4S/c1-13-10-19(32-4)17(23(29)27-13)12-26-22(28)16-11-18(25)21-20(14(16)2)30-24(3,31-21)15-8-6-5-7-9-15/h10-11,15H,5-9,12H2,1-4H3,(H,26,28)(H,27,29)/t24-/m1/s1. The zero-order chi connectivity index (χ0) is 23.0. The number of H-pyrrole nitrogens is 1. The largest absolute Gasteiger partial charge is 0.448 e. The van der Waals surface area contributed by atoms with Crippen molar-refractivity contribution in [3.05, 3.63) is 49.9 Å². The molecule has 0 unspecified atom stereocenters. The van der Waals surface area contributed by atoms with E-state index in [1.807, 2.05) is 33.1 Å². The Morgan fingerprint density at radius 1 is 1.22 bits per heavy atom. The maximum Gasteiger partial charge on any atom is 0.254 e. The lowest BCUT2D eigenvalue weighted by Gasteiger charge is -2.34. The molecule has 0 saturated heterocycles. The zero-order valence-electron chi connectivity index (χ0n) is 18.9. The molecule has 1 amide bonds. The third kappa shape index (κ3) is 4.25. The minimum atomic E-state index is -0.769. The monoisotopic (exact) mass is 476 g/mol. The molecule has 1 fully saturated rings. The number of aryl methyl sites for hydroxylation is 1. The summed E-state index contributed by atoms with van der Waals surface area (Å²) in [6.45, 7) is 5.76. The van der Waals surface area contributed by atoms with Gasteiger partial charge in [0.25, 0.3) is 17.3 Å². The topological polar surface area (TPSA) is 80.4 Å². The van der Waals surface area contributed by atoms with Crippen LogP contribution in [0.15, 0.2) is 21.8 Å². The molecule has 0 radical (unpaired) electrons. The lowest BCUT2D eigenvalue weighted by atomic mass is 9.84. The number of nitrogens with one attached hydrogen (secondary N) is 2. The normalized spacial score (nSPS) is 20.4. The van der Waals surface area contributed by atoms with Crippen LogP contribution in [0.25, 0.3) is 0 Å². The van der Waals surface area contributed by atoms with Crippen LogP contribution in [0.4, 0.5) is 0 Å². The van der Waals surface area contributed by atoms with Gasteiger partial charge in [0.2, 0.25) is 0 Å². The summed E-state index contributed by atoms with van der Waals surface area (Å²) in [6.07, 6.45) is 7.59. The van der Waals surface area contributed by atoms with Gasteiger partial charge in [-0.05, 0) is 45.1 Å². The van der Waals surface area contributed by atoms with Crippen molar-refractivity contribution in [1.82, 2.24) is 10.3 Å². The molecule has 1 saturated carbocycles. The number of carbonyl (C=O) groups is 1. The van der Waals surface area contributed by atoms with Crippen LogP contribution >= 0.6 is 23.4 Å². The van der Waals surface area contributed by atoms with Gasteiger partial charge in [0.05, 0.1) is 5.02 Å². The first kappa shape index (κ1) is 23.1. The van der Waals surface area contributed by atoms with Crippen molar-refractivity contribution in [2.24, 2.45) is 5.92 Å². The Hall–Kier alpha value is -2.12. The highest BCUT2D eigenvalue weighted by molar-refractivity contribution is 7.98. The van der Waals surface area contributed by atoms with Crippen LogP contribution in [0.3, 0.4) is 0 Å². The first-order valence-electron chi connectivity index (χ1n) is 11.0. The van der Waals surface area contributed by atoms with Gasteiger partial charge >= 0.3 is 0 Å². The molecule has 4 rings (SSSR count). The van der Waals surface area contributed by atoms with E-state index in [-0.39, 0.29) is 23.9 Å². The fourth-order valence-corrected chi connectivity index (χ4v) is 5.61. The van der Waals surface area contributed by atoms with Gasteiger partial charge in [-0.1, -0.05) is 30.9 Å². The van der Waals surface area contributed by atoms with Crippen LogP contribution in [-0.4, -0.2) is 22.9 Å². The van der Waals surface area contributed by atoms with Gasteiger partial charge in [0, 0.05) is 46.7 Å². The number of aromatic amines is 1. The highest BCUT2D eigenvalue weighted by Gasteiger charge is 2.46. The van der Waals surface area contributed by atoms with Crippen LogP contribution in [0.1, 0.15) is 66.2 Å². The predicted molar refractivity (Wildman–Crippen MR) is 127 cm³/mol. The van der Waals surface area contributed by atoms with Crippen molar-refractivity contribution >= 4 is 29.3 Å². The number of fused-ring (bicyclic) bond motifs is 1. The van der Waals surface area contributed by atoms with Crippen LogP contribution in [0.5, 0.6) is 11.5 Å². The lowest BCUT2D eigenvalue weighted by molar-refractivity contribution is -0.119. The maximum atomic E-state index is 13.0. The molecule has 1 atom stereocenters. The molecule has 0 spiro atoms. The molecule has 8 heteroatoms. The molecule has 6 nitrogen and oxygen atoms in total. The van der Waals surface area contributed by atoms with E-state index in [9.17, 15) is 9.59 Å². The number of rotatable bonds is 5. The Bertz CT molecular complexity index is 1110. The SMILES string of the molecule is CSc1cc(C)[nH]c(=O)c1CNC(=O)c1cc(Cl)c2c(c1C)O[C@@](C)(C1CCCCC1)O2. The van der Waals surface area contributed by atoms with E-state index >= 15 is 0 Å². The minimum Gasteiger partial charge on any atom is -0.448 e. The molecule has 0 bridgehead atoms. The Morgan fingerprint density at radius 2 is 1.91 bits per heavy atom. The third-order valence-corrected chi connectivity index (χ3v) is 7.60. The van der Waals surface area contributed by atoms with E-state index in [2.05, 4.69) is 10.3 Å². The Balaban J connectivity index is 1.57. The number of thioether (sulfide) groups is 1. The molecule has 1 aromatic heterocycles. The first-order chi connectivity index (χ1) is 15.2. The fourth-order valence-electron chi connectivity index (χ4n) is 4.67. The molecule has 172 valence electrons. The summed E-state index contributed by atoms with van der Waals surface area (Å²) in [7, 11) is 0. The van der Waals surface area contributed by atoms with Crippen molar-refractivity contribution in [2.45, 2.75) is 70.1 Å².